The van der Waals surface area contributed by atoms with E-state index in [1.807, 2.05) is 18.2 Å². The molecule has 0 saturated carbocycles. The van der Waals surface area contributed by atoms with Gasteiger partial charge in [0.1, 0.15) is 5.69 Å². The van der Waals surface area contributed by atoms with E-state index in [1.165, 1.54) is 0 Å². The van der Waals surface area contributed by atoms with Crippen LogP contribution in [0, 0.1) is 0 Å². The van der Waals surface area contributed by atoms with Crippen LogP contribution in [0.25, 0.3) is 11.3 Å². The van der Waals surface area contributed by atoms with E-state index in [4.69, 9.17) is 11.6 Å². The van der Waals surface area contributed by atoms with E-state index in [1.54, 1.807) is 24.0 Å². The van der Waals surface area contributed by atoms with E-state index in [0.717, 1.165) is 31.5 Å². The Bertz CT molecular complexity index is 680. The Hall–Kier alpha value is -1.56. The van der Waals surface area contributed by atoms with Gasteiger partial charge < -0.3 is 10.6 Å². The van der Waals surface area contributed by atoms with Gasteiger partial charge in [-0.25, -0.2) is 0 Å². The molecule has 1 aromatic carbocycles. The molecule has 1 atom stereocenters. The summed E-state index contributed by atoms with van der Waals surface area (Å²) in [4.78, 5) is 12.6. The van der Waals surface area contributed by atoms with E-state index < -0.39 is 0 Å². The Kier molecular flexibility index (Phi) is 6.04. The van der Waals surface area contributed by atoms with Crippen LogP contribution in [0.15, 0.2) is 30.5 Å². The quantitative estimate of drug-likeness (QED) is 0.890. The summed E-state index contributed by atoms with van der Waals surface area (Å²) in [6.07, 6.45) is 3.82. The molecule has 0 bridgehead atoms. The van der Waals surface area contributed by atoms with E-state index in [-0.39, 0.29) is 24.4 Å². The number of halogens is 2. The second-order valence-electron chi connectivity index (χ2n) is 5.56. The number of nitrogens with zero attached hydrogens (tertiary/aromatic N) is 2. The lowest BCUT2D eigenvalue weighted by Crippen LogP contribution is -2.45. The molecular formula is C16H20Cl2N4O. The number of aryl methyl sites for hydroxylation is 1. The van der Waals surface area contributed by atoms with Crippen LogP contribution >= 0.6 is 24.0 Å². The maximum atomic E-state index is 12.6. The summed E-state index contributed by atoms with van der Waals surface area (Å²) in [6.45, 7) is 1.83. The molecule has 2 N–H and O–H groups in total. The van der Waals surface area contributed by atoms with Crippen molar-refractivity contribution in [2.45, 2.75) is 18.9 Å². The van der Waals surface area contributed by atoms with Gasteiger partial charge in [0.15, 0.2) is 0 Å². The van der Waals surface area contributed by atoms with Crippen LogP contribution in [0.1, 0.15) is 23.2 Å². The molecule has 1 amide bonds. The van der Waals surface area contributed by atoms with Crippen LogP contribution in [0.4, 0.5) is 0 Å². The predicted octanol–water partition coefficient (Wildman–Crippen LogP) is 2.64. The first-order valence-corrected chi connectivity index (χ1v) is 7.83. The zero-order valence-corrected chi connectivity index (χ0v) is 14.5. The summed E-state index contributed by atoms with van der Waals surface area (Å²) in [5, 5.41) is 11.4. The van der Waals surface area contributed by atoms with Gasteiger partial charge in [0, 0.05) is 31.4 Å². The first kappa shape index (κ1) is 17.8. The molecule has 0 aliphatic carbocycles. The van der Waals surface area contributed by atoms with Crippen molar-refractivity contribution in [3.63, 3.8) is 0 Å². The van der Waals surface area contributed by atoms with Crippen molar-refractivity contribution in [1.82, 2.24) is 20.4 Å². The summed E-state index contributed by atoms with van der Waals surface area (Å²) in [7, 11) is 1.80. The molecule has 23 heavy (non-hydrogen) atoms. The number of benzene rings is 1. The number of amides is 1. The third kappa shape index (κ3) is 4.05. The molecule has 1 saturated heterocycles. The molecule has 1 aromatic heterocycles. The Labute approximate surface area is 146 Å². The van der Waals surface area contributed by atoms with Gasteiger partial charge in [-0.3, -0.25) is 9.48 Å². The van der Waals surface area contributed by atoms with Crippen molar-refractivity contribution >= 4 is 29.9 Å². The second kappa shape index (κ2) is 7.81. The number of rotatable bonds is 3. The van der Waals surface area contributed by atoms with Crippen molar-refractivity contribution in [3.8, 4) is 11.3 Å². The normalized spacial score (nSPS) is 17.4. The number of hydrogen-bond donors (Lipinski definition) is 2. The van der Waals surface area contributed by atoms with Gasteiger partial charge in [0.05, 0.1) is 10.6 Å². The molecule has 5 nitrogen and oxygen atoms in total. The predicted molar refractivity (Wildman–Crippen MR) is 94.3 cm³/mol. The molecule has 1 fully saturated rings. The van der Waals surface area contributed by atoms with Crippen molar-refractivity contribution < 1.29 is 4.79 Å². The van der Waals surface area contributed by atoms with E-state index in [2.05, 4.69) is 15.7 Å². The molecule has 7 heteroatoms. The minimum absolute atomic E-state index is 0. The maximum absolute atomic E-state index is 12.6. The molecular weight excluding hydrogens is 335 g/mol. The number of carbonyl (C=O) groups excluding carboxylic acids is 1. The molecule has 0 radical (unpaired) electrons. The average molecular weight is 355 g/mol. The van der Waals surface area contributed by atoms with Gasteiger partial charge in [0.25, 0.3) is 5.91 Å². The lowest BCUT2D eigenvalue weighted by atomic mass is 10.1. The van der Waals surface area contributed by atoms with Crippen molar-refractivity contribution in [2.24, 2.45) is 7.05 Å². The minimum atomic E-state index is -0.100. The second-order valence-corrected chi connectivity index (χ2v) is 5.97. The summed E-state index contributed by atoms with van der Waals surface area (Å²) in [5.74, 6) is -0.100. The smallest absolute Gasteiger partial charge is 0.255 e. The third-order valence-corrected chi connectivity index (χ3v) is 4.16. The van der Waals surface area contributed by atoms with Gasteiger partial charge in [-0.05, 0) is 25.5 Å². The Morgan fingerprint density at radius 2 is 2.22 bits per heavy atom. The molecule has 3 rings (SSSR count). The summed E-state index contributed by atoms with van der Waals surface area (Å²) >= 11 is 6.25. The fourth-order valence-corrected chi connectivity index (χ4v) is 2.97. The fourth-order valence-electron chi connectivity index (χ4n) is 2.74. The molecule has 0 spiro atoms. The van der Waals surface area contributed by atoms with Crippen molar-refractivity contribution in [1.29, 1.82) is 0 Å². The van der Waals surface area contributed by atoms with Crippen molar-refractivity contribution in [3.05, 3.63) is 41.0 Å². The number of aromatic nitrogens is 2. The third-order valence-electron chi connectivity index (χ3n) is 3.83. The monoisotopic (exact) mass is 354 g/mol. The Balaban J connectivity index is 0.00000192. The van der Waals surface area contributed by atoms with E-state index in [0.29, 0.717) is 16.3 Å². The van der Waals surface area contributed by atoms with Crippen LogP contribution in [-0.4, -0.2) is 34.8 Å². The highest BCUT2D eigenvalue weighted by molar-refractivity contribution is 6.33. The SMILES string of the molecule is Cl.Cn1cc(C(=O)NC2CCCNC2)c(-c2ccccc2Cl)n1. The first-order chi connectivity index (χ1) is 10.6. The highest BCUT2D eigenvalue weighted by Crippen LogP contribution is 2.29. The van der Waals surface area contributed by atoms with Crippen LogP contribution in [0.2, 0.25) is 5.02 Å². The van der Waals surface area contributed by atoms with Crippen LogP contribution < -0.4 is 10.6 Å². The van der Waals surface area contributed by atoms with Gasteiger partial charge in [-0.15, -0.1) is 12.4 Å². The zero-order chi connectivity index (χ0) is 15.5. The Morgan fingerprint density at radius 3 is 2.91 bits per heavy atom. The lowest BCUT2D eigenvalue weighted by Gasteiger charge is -2.23. The van der Waals surface area contributed by atoms with E-state index in [9.17, 15) is 4.79 Å². The molecule has 1 aliphatic rings. The highest BCUT2D eigenvalue weighted by Gasteiger charge is 2.22. The number of hydrogen-bond acceptors (Lipinski definition) is 3. The summed E-state index contributed by atoms with van der Waals surface area (Å²) in [5.41, 5.74) is 1.95. The summed E-state index contributed by atoms with van der Waals surface area (Å²) < 4.78 is 1.65. The molecule has 1 unspecified atom stereocenters. The summed E-state index contributed by atoms with van der Waals surface area (Å²) in [6, 6.07) is 7.60. The maximum Gasteiger partial charge on any atom is 0.255 e. The Morgan fingerprint density at radius 1 is 1.43 bits per heavy atom. The standard InChI is InChI=1S/C16H19ClN4O.ClH/c1-21-10-13(16(22)19-11-5-4-8-18-9-11)15(20-21)12-6-2-3-7-14(12)17;/h2-3,6-7,10-11,18H,4-5,8-9H2,1H3,(H,19,22);1H. The first-order valence-electron chi connectivity index (χ1n) is 7.45. The van der Waals surface area contributed by atoms with Crippen LogP contribution in [-0.2, 0) is 7.05 Å². The molecule has 2 heterocycles. The van der Waals surface area contributed by atoms with Crippen LogP contribution in [0.5, 0.6) is 0 Å². The lowest BCUT2D eigenvalue weighted by molar-refractivity contribution is 0.0931. The van der Waals surface area contributed by atoms with Gasteiger partial charge in [-0.2, -0.15) is 5.10 Å². The van der Waals surface area contributed by atoms with Crippen molar-refractivity contribution in [2.75, 3.05) is 13.1 Å². The fraction of sp³-hybridized carbons (Fsp3) is 0.375. The molecule has 124 valence electrons. The molecule has 2 aromatic rings. The number of carbonyl (C=O) groups is 1. The number of piperidine rings is 1. The van der Waals surface area contributed by atoms with E-state index >= 15 is 0 Å². The van der Waals surface area contributed by atoms with Gasteiger partial charge >= 0.3 is 0 Å². The van der Waals surface area contributed by atoms with Crippen LogP contribution in [0.3, 0.4) is 0 Å². The topological polar surface area (TPSA) is 59.0 Å². The largest absolute Gasteiger partial charge is 0.348 e. The van der Waals surface area contributed by atoms with Gasteiger partial charge in [0.2, 0.25) is 0 Å². The average Bonchev–Trinajstić information content (AvgIpc) is 2.90. The van der Waals surface area contributed by atoms with Gasteiger partial charge in [-0.1, -0.05) is 29.8 Å². The minimum Gasteiger partial charge on any atom is -0.348 e. The molecule has 1 aliphatic heterocycles. The highest BCUT2D eigenvalue weighted by atomic mass is 35.5. The number of nitrogens with one attached hydrogen (secondary N) is 2. The zero-order valence-electron chi connectivity index (χ0n) is 12.9.